The molecule has 1 radical (unpaired) electrons. The van der Waals surface area contributed by atoms with Crippen LogP contribution in [-0.2, 0) is 0 Å². The second-order valence-corrected chi connectivity index (χ2v) is 0.996. The molecule has 0 aliphatic heterocycles. The van der Waals surface area contributed by atoms with Crippen LogP contribution in [0.2, 0.25) is 0 Å². The lowest BCUT2D eigenvalue weighted by Gasteiger charge is -1.80. The van der Waals surface area contributed by atoms with Gasteiger partial charge in [0.1, 0.15) is 0 Å². The molecule has 1 nitrogen and oxygen atoms in total. The van der Waals surface area contributed by atoms with E-state index in [1.54, 1.807) is 0 Å². The van der Waals surface area contributed by atoms with Gasteiger partial charge in [-0.25, -0.2) is 0 Å². The van der Waals surface area contributed by atoms with Gasteiger partial charge in [-0.1, -0.05) is 13.3 Å². The third kappa shape index (κ3) is 8.87. The molecule has 0 bridgehead atoms. The summed E-state index contributed by atoms with van der Waals surface area (Å²) in [5.74, 6) is 0. The molecular weight excluding hydrogens is 97.5 g/mol. The highest BCUT2D eigenvalue weighted by Crippen LogP contribution is 1.76. The lowest BCUT2D eigenvalue weighted by atomic mass is 10.3. The highest BCUT2D eigenvalue weighted by Gasteiger charge is 1.68. The minimum atomic E-state index is 0. The van der Waals surface area contributed by atoms with Crippen LogP contribution in [0.5, 0.6) is 0 Å². The molecule has 39 valence electrons. The zero-order valence-electron chi connectivity index (χ0n) is 3.81. The summed E-state index contributed by atoms with van der Waals surface area (Å²) in [6.45, 7) is 4.38. The maximum atomic E-state index is 5.10. The predicted octanol–water partition coefficient (Wildman–Crippen LogP) is 0.981. The summed E-state index contributed by atoms with van der Waals surface area (Å²) < 4.78 is 0. The van der Waals surface area contributed by atoms with Crippen molar-refractivity contribution in [1.82, 2.24) is 0 Å². The maximum Gasteiger partial charge on any atom is -0.00773 e. The molecular formula is C4H11ClN. The van der Waals surface area contributed by atoms with E-state index in [9.17, 15) is 0 Å². The molecule has 0 aromatic heterocycles. The molecule has 0 aromatic carbocycles. The minimum Gasteiger partial charge on any atom is -0.330 e. The van der Waals surface area contributed by atoms with Crippen LogP contribution in [0.15, 0.2) is 0 Å². The van der Waals surface area contributed by atoms with Gasteiger partial charge in [0.25, 0.3) is 0 Å². The van der Waals surface area contributed by atoms with Gasteiger partial charge in [0.15, 0.2) is 0 Å². The third-order valence-corrected chi connectivity index (χ3v) is 0.454. The van der Waals surface area contributed by atoms with Gasteiger partial charge in [0.2, 0.25) is 0 Å². The van der Waals surface area contributed by atoms with Gasteiger partial charge in [-0.15, -0.1) is 12.4 Å². The van der Waals surface area contributed by atoms with Crippen LogP contribution in [-0.4, -0.2) is 6.54 Å². The topological polar surface area (TPSA) is 26.0 Å². The van der Waals surface area contributed by atoms with Crippen molar-refractivity contribution in [2.24, 2.45) is 5.73 Å². The minimum absolute atomic E-state index is 0. The summed E-state index contributed by atoms with van der Waals surface area (Å²) in [7, 11) is 0. The molecule has 0 rings (SSSR count). The van der Waals surface area contributed by atoms with E-state index in [2.05, 4.69) is 6.92 Å². The molecule has 0 saturated heterocycles. The number of hydrogen-bond acceptors (Lipinski definition) is 1. The van der Waals surface area contributed by atoms with Crippen molar-refractivity contribution in [2.75, 3.05) is 6.54 Å². The van der Waals surface area contributed by atoms with Crippen LogP contribution in [0.1, 0.15) is 12.8 Å². The summed E-state index contributed by atoms with van der Waals surface area (Å²) in [6, 6.07) is 0. The fourth-order valence-corrected chi connectivity index (χ4v) is 0.144. The second kappa shape index (κ2) is 8.98. The Bertz CT molecular complexity index is 15.0. The molecule has 0 heterocycles. The van der Waals surface area contributed by atoms with E-state index in [0.717, 1.165) is 19.4 Å². The van der Waals surface area contributed by atoms with Crippen LogP contribution in [0.25, 0.3) is 0 Å². The van der Waals surface area contributed by atoms with Crippen LogP contribution >= 0.6 is 12.4 Å². The molecule has 0 amide bonds. The molecule has 0 aliphatic carbocycles. The molecule has 0 aliphatic rings. The predicted molar refractivity (Wildman–Crippen MR) is 30.9 cm³/mol. The van der Waals surface area contributed by atoms with Crippen LogP contribution in [0.3, 0.4) is 0 Å². The Morgan fingerprint density at radius 1 is 1.50 bits per heavy atom. The highest BCUT2D eigenvalue weighted by molar-refractivity contribution is 5.85. The third-order valence-electron chi connectivity index (χ3n) is 0.454. The molecule has 0 saturated carbocycles. The lowest BCUT2D eigenvalue weighted by Crippen LogP contribution is -1.95. The van der Waals surface area contributed by atoms with Gasteiger partial charge in [0, 0.05) is 0 Å². The normalized spacial score (nSPS) is 7.00. The van der Waals surface area contributed by atoms with Crippen molar-refractivity contribution >= 4 is 12.4 Å². The first-order valence-electron chi connectivity index (χ1n) is 1.91. The van der Waals surface area contributed by atoms with E-state index in [4.69, 9.17) is 5.73 Å². The Morgan fingerprint density at radius 2 is 2.00 bits per heavy atom. The van der Waals surface area contributed by atoms with Crippen molar-refractivity contribution in [3.8, 4) is 0 Å². The molecule has 0 spiro atoms. The zero-order valence-corrected chi connectivity index (χ0v) is 4.63. The van der Waals surface area contributed by atoms with E-state index >= 15 is 0 Å². The monoisotopic (exact) mass is 108 g/mol. The van der Waals surface area contributed by atoms with Crippen molar-refractivity contribution < 1.29 is 0 Å². The van der Waals surface area contributed by atoms with E-state index in [0.29, 0.717) is 0 Å². The SMILES string of the molecule is Cl.[CH2]CCCN. The molecule has 2 N–H and O–H groups in total. The Morgan fingerprint density at radius 3 is 2.00 bits per heavy atom. The van der Waals surface area contributed by atoms with Gasteiger partial charge in [-0.05, 0) is 13.0 Å². The molecule has 6 heavy (non-hydrogen) atoms. The second-order valence-electron chi connectivity index (χ2n) is 0.996. The number of rotatable bonds is 2. The van der Waals surface area contributed by atoms with E-state index in [1.807, 2.05) is 0 Å². The molecule has 2 heteroatoms. The first-order valence-corrected chi connectivity index (χ1v) is 1.91. The first kappa shape index (κ1) is 9.54. The van der Waals surface area contributed by atoms with Gasteiger partial charge >= 0.3 is 0 Å². The van der Waals surface area contributed by atoms with Crippen LogP contribution in [0.4, 0.5) is 0 Å². The summed E-state index contributed by atoms with van der Waals surface area (Å²) in [5, 5.41) is 0. The Balaban J connectivity index is 0. The molecule has 0 unspecified atom stereocenters. The Labute approximate surface area is 45.3 Å². The number of hydrogen-bond donors (Lipinski definition) is 1. The maximum absolute atomic E-state index is 5.10. The fraction of sp³-hybridized carbons (Fsp3) is 0.750. The summed E-state index contributed by atoms with van der Waals surface area (Å²) >= 11 is 0. The van der Waals surface area contributed by atoms with Crippen molar-refractivity contribution in [3.63, 3.8) is 0 Å². The standard InChI is InChI=1S/C4H10N.ClH/c1-2-3-4-5;/h1-5H2;1H. The van der Waals surface area contributed by atoms with Gasteiger partial charge in [-0.2, -0.15) is 0 Å². The van der Waals surface area contributed by atoms with Crippen molar-refractivity contribution in [1.29, 1.82) is 0 Å². The van der Waals surface area contributed by atoms with Gasteiger partial charge in [0.05, 0.1) is 0 Å². The first-order chi connectivity index (χ1) is 2.41. The smallest absolute Gasteiger partial charge is 0.00773 e. The van der Waals surface area contributed by atoms with Crippen molar-refractivity contribution in [2.45, 2.75) is 12.8 Å². The highest BCUT2D eigenvalue weighted by atomic mass is 35.5. The number of nitrogens with two attached hydrogens (primary N) is 1. The lowest BCUT2D eigenvalue weighted by molar-refractivity contribution is 0.853. The van der Waals surface area contributed by atoms with E-state index < -0.39 is 0 Å². The number of halogens is 1. The summed E-state index contributed by atoms with van der Waals surface area (Å²) in [5.41, 5.74) is 5.10. The van der Waals surface area contributed by atoms with E-state index in [1.165, 1.54) is 0 Å². The fourth-order valence-electron chi connectivity index (χ4n) is 0.144. The summed E-state index contributed by atoms with van der Waals surface area (Å²) in [4.78, 5) is 0. The van der Waals surface area contributed by atoms with Gasteiger partial charge < -0.3 is 5.73 Å². The van der Waals surface area contributed by atoms with Gasteiger partial charge in [-0.3, -0.25) is 0 Å². The van der Waals surface area contributed by atoms with Crippen LogP contribution in [0, 0.1) is 6.92 Å². The number of unbranched alkanes of at least 4 members (excludes halogenated alkanes) is 1. The Hall–Kier alpha value is 0.250. The largest absolute Gasteiger partial charge is 0.330 e. The Kier molecular flexibility index (Phi) is 14.3. The quantitative estimate of drug-likeness (QED) is 0.561. The summed E-state index contributed by atoms with van der Waals surface area (Å²) in [6.07, 6.45) is 2.02. The van der Waals surface area contributed by atoms with Crippen molar-refractivity contribution in [3.05, 3.63) is 6.92 Å². The zero-order chi connectivity index (χ0) is 4.12. The van der Waals surface area contributed by atoms with E-state index in [-0.39, 0.29) is 12.4 Å². The average molecular weight is 109 g/mol. The molecule has 0 atom stereocenters. The molecule has 0 aromatic rings. The average Bonchev–Trinajstić information content (AvgIpc) is 1.41. The van der Waals surface area contributed by atoms with Crippen LogP contribution < -0.4 is 5.73 Å². The molecule has 0 fully saturated rings.